The number of nitrogens with one attached hydrogen (secondary N) is 1. The van der Waals surface area contributed by atoms with E-state index in [2.05, 4.69) is 30.3 Å². The van der Waals surface area contributed by atoms with Gasteiger partial charge in [-0.1, -0.05) is 20.8 Å². The van der Waals surface area contributed by atoms with Gasteiger partial charge in [0.25, 0.3) is 0 Å². The lowest BCUT2D eigenvalue weighted by molar-refractivity contribution is 0.516. The maximum absolute atomic E-state index is 9.13. The Balaban J connectivity index is 2.84. The lowest BCUT2D eigenvalue weighted by Crippen LogP contribution is -2.20. The van der Waals surface area contributed by atoms with E-state index >= 15 is 0 Å². The van der Waals surface area contributed by atoms with Crippen molar-refractivity contribution in [3.05, 3.63) is 17.0 Å². The second-order valence-electron chi connectivity index (χ2n) is 5.17. The Morgan fingerprint density at radius 2 is 2.06 bits per heavy atom. The van der Waals surface area contributed by atoms with Gasteiger partial charge < -0.3 is 5.32 Å². The molecule has 4 heteroatoms. The SMILES string of the molecule is CCC(C#N)n1nc(C)c(CNCC(C)C)c1C. The molecule has 0 radical (unpaired) electrons. The van der Waals surface area contributed by atoms with Crippen LogP contribution in [0.3, 0.4) is 0 Å². The van der Waals surface area contributed by atoms with Crippen molar-refractivity contribution in [2.45, 2.75) is 53.6 Å². The van der Waals surface area contributed by atoms with Crippen molar-refractivity contribution in [3.8, 4) is 6.07 Å². The number of hydrogen-bond donors (Lipinski definition) is 1. The molecule has 1 atom stereocenters. The molecular formula is C14H24N4. The zero-order valence-corrected chi connectivity index (χ0v) is 12.1. The standard InChI is InChI=1S/C14H24N4/c1-6-13(7-15)18-12(5)14(11(4)17-18)9-16-8-10(2)3/h10,13,16H,6,8-9H2,1-5H3. The fourth-order valence-corrected chi connectivity index (χ4v) is 2.06. The molecule has 1 rings (SSSR count). The number of hydrogen-bond acceptors (Lipinski definition) is 3. The molecule has 1 heterocycles. The molecule has 0 aliphatic carbocycles. The summed E-state index contributed by atoms with van der Waals surface area (Å²) in [6.45, 7) is 12.3. The van der Waals surface area contributed by atoms with Crippen LogP contribution in [0.5, 0.6) is 0 Å². The van der Waals surface area contributed by atoms with E-state index in [9.17, 15) is 0 Å². The second-order valence-corrected chi connectivity index (χ2v) is 5.17. The third-order valence-corrected chi connectivity index (χ3v) is 3.16. The van der Waals surface area contributed by atoms with Crippen molar-refractivity contribution in [3.63, 3.8) is 0 Å². The summed E-state index contributed by atoms with van der Waals surface area (Å²) in [6, 6.07) is 2.15. The van der Waals surface area contributed by atoms with E-state index in [0.29, 0.717) is 5.92 Å². The van der Waals surface area contributed by atoms with E-state index in [0.717, 1.165) is 30.9 Å². The van der Waals surface area contributed by atoms with Crippen molar-refractivity contribution >= 4 is 0 Å². The Hall–Kier alpha value is -1.34. The lowest BCUT2D eigenvalue weighted by Gasteiger charge is -2.10. The molecule has 0 saturated carbocycles. The predicted molar refractivity (Wildman–Crippen MR) is 73.2 cm³/mol. The van der Waals surface area contributed by atoms with Gasteiger partial charge in [-0.2, -0.15) is 10.4 Å². The molecule has 4 nitrogen and oxygen atoms in total. The molecule has 0 aliphatic heterocycles. The van der Waals surface area contributed by atoms with E-state index in [1.54, 1.807) is 0 Å². The normalized spacial score (nSPS) is 12.7. The van der Waals surface area contributed by atoms with Gasteiger partial charge in [-0.05, 0) is 32.7 Å². The zero-order valence-electron chi connectivity index (χ0n) is 12.1. The minimum absolute atomic E-state index is 0.150. The number of rotatable bonds is 6. The first kappa shape index (κ1) is 14.7. The molecule has 0 aliphatic rings. The topological polar surface area (TPSA) is 53.6 Å². The molecule has 1 aromatic rings. The van der Waals surface area contributed by atoms with Crippen molar-refractivity contribution in [1.29, 1.82) is 5.26 Å². The van der Waals surface area contributed by atoms with Crippen molar-refractivity contribution in [2.24, 2.45) is 5.92 Å². The number of nitrogens with zero attached hydrogens (tertiary/aromatic N) is 3. The summed E-state index contributed by atoms with van der Waals surface area (Å²) in [5, 5.41) is 17.1. The van der Waals surface area contributed by atoms with Crippen LogP contribution in [0, 0.1) is 31.1 Å². The summed E-state index contributed by atoms with van der Waals surface area (Å²) in [5.41, 5.74) is 3.36. The molecule has 1 unspecified atom stereocenters. The predicted octanol–water partition coefficient (Wildman–Crippen LogP) is 2.72. The summed E-state index contributed by atoms with van der Waals surface area (Å²) >= 11 is 0. The number of aromatic nitrogens is 2. The van der Waals surface area contributed by atoms with Crippen molar-refractivity contribution in [1.82, 2.24) is 15.1 Å². The minimum Gasteiger partial charge on any atom is -0.312 e. The fourth-order valence-electron chi connectivity index (χ4n) is 2.06. The van der Waals surface area contributed by atoms with Gasteiger partial charge in [-0.3, -0.25) is 4.68 Å². The van der Waals surface area contributed by atoms with Gasteiger partial charge in [0.05, 0.1) is 11.8 Å². The number of nitriles is 1. The first-order valence-electron chi connectivity index (χ1n) is 6.66. The highest BCUT2D eigenvalue weighted by molar-refractivity contribution is 5.25. The average Bonchev–Trinajstić information content (AvgIpc) is 2.58. The van der Waals surface area contributed by atoms with Crippen molar-refractivity contribution in [2.75, 3.05) is 6.54 Å². The Bertz CT molecular complexity index is 426. The van der Waals surface area contributed by atoms with Crippen LogP contribution in [-0.4, -0.2) is 16.3 Å². The molecule has 18 heavy (non-hydrogen) atoms. The third-order valence-electron chi connectivity index (χ3n) is 3.16. The largest absolute Gasteiger partial charge is 0.312 e. The van der Waals surface area contributed by atoms with E-state index in [4.69, 9.17) is 5.26 Å². The first-order chi connectivity index (χ1) is 8.51. The van der Waals surface area contributed by atoms with Gasteiger partial charge in [-0.15, -0.1) is 0 Å². The Morgan fingerprint density at radius 1 is 1.39 bits per heavy atom. The summed E-state index contributed by atoms with van der Waals surface area (Å²) in [5.74, 6) is 0.642. The maximum Gasteiger partial charge on any atom is 0.138 e. The molecule has 0 fully saturated rings. The quantitative estimate of drug-likeness (QED) is 0.842. The van der Waals surface area contributed by atoms with Gasteiger partial charge in [0, 0.05) is 17.8 Å². The van der Waals surface area contributed by atoms with Crippen LogP contribution < -0.4 is 5.32 Å². The van der Waals surface area contributed by atoms with Gasteiger partial charge in [0.1, 0.15) is 6.04 Å². The van der Waals surface area contributed by atoms with Crippen LogP contribution in [0.25, 0.3) is 0 Å². The van der Waals surface area contributed by atoms with Crippen LogP contribution >= 0.6 is 0 Å². The summed E-state index contributed by atoms with van der Waals surface area (Å²) in [4.78, 5) is 0. The van der Waals surface area contributed by atoms with Gasteiger partial charge in [0.15, 0.2) is 0 Å². The monoisotopic (exact) mass is 248 g/mol. The lowest BCUT2D eigenvalue weighted by atomic mass is 10.1. The van der Waals surface area contributed by atoms with E-state index in [1.807, 2.05) is 25.5 Å². The van der Waals surface area contributed by atoms with Crippen LogP contribution in [0.1, 0.15) is 50.2 Å². The van der Waals surface area contributed by atoms with E-state index < -0.39 is 0 Å². The van der Waals surface area contributed by atoms with E-state index in [1.165, 1.54) is 5.56 Å². The Morgan fingerprint density at radius 3 is 2.56 bits per heavy atom. The maximum atomic E-state index is 9.13. The van der Waals surface area contributed by atoms with Crippen LogP contribution in [0.2, 0.25) is 0 Å². The molecule has 1 N–H and O–H groups in total. The minimum atomic E-state index is -0.150. The summed E-state index contributed by atoms with van der Waals surface area (Å²) in [7, 11) is 0. The average molecular weight is 248 g/mol. The Labute approximate surface area is 110 Å². The third kappa shape index (κ3) is 3.33. The Kier molecular flexibility index (Phi) is 5.36. The van der Waals surface area contributed by atoms with Crippen LogP contribution in [0.15, 0.2) is 0 Å². The first-order valence-corrected chi connectivity index (χ1v) is 6.66. The van der Waals surface area contributed by atoms with Gasteiger partial charge in [-0.25, -0.2) is 0 Å². The van der Waals surface area contributed by atoms with Crippen LogP contribution in [0.4, 0.5) is 0 Å². The zero-order chi connectivity index (χ0) is 13.7. The molecule has 0 amide bonds. The van der Waals surface area contributed by atoms with Gasteiger partial charge >= 0.3 is 0 Å². The van der Waals surface area contributed by atoms with E-state index in [-0.39, 0.29) is 6.04 Å². The molecule has 0 saturated heterocycles. The van der Waals surface area contributed by atoms with Gasteiger partial charge in [0.2, 0.25) is 0 Å². The molecule has 0 bridgehead atoms. The van der Waals surface area contributed by atoms with Crippen LogP contribution in [-0.2, 0) is 6.54 Å². The molecule has 0 spiro atoms. The molecule has 100 valence electrons. The summed E-state index contributed by atoms with van der Waals surface area (Å²) < 4.78 is 1.86. The molecular weight excluding hydrogens is 224 g/mol. The molecule has 1 aromatic heterocycles. The number of aryl methyl sites for hydroxylation is 1. The smallest absolute Gasteiger partial charge is 0.138 e. The highest BCUT2D eigenvalue weighted by atomic mass is 15.3. The second kappa shape index (κ2) is 6.55. The summed E-state index contributed by atoms with van der Waals surface area (Å²) in [6.07, 6.45) is 0.789. The fraction of sp³-hybridized carbons (Fsp3) is 0.714. The highest BCUT2D eigenvalue weighted by Crippen LogP contribution is 2.19. The molecule has 0 aromatic carbocycles. The highest BCUT2D eigenvalue weighted by Gasteiger charge is 2.16. The van der Waals surface area contributed by atoms with Crippen molar-refractivity contribution < 1.29 is 0 Å².